The average Bonchev–Trinajstić information content (AvgIpc) is 2.59. The second-order valence-corrected chi connectivity index (χ2v) is 5.94. The summed E-state index contributed by atoms with van der Waals surface area (Å²) in [5, 5.41) is 18.6. The van der Waals surface area contributed by atoms with E-state index in [0.717, 1.165) is 25.0 Å². The van der Waals surface area contributed by atoms with Crippen LogP contribution < -0.4 is 0 Å². The van der Waals surface area contributed by atoms with Gasteiger partial charge in [-0.2, -0.15) is 0 Å². The van der Waals surface area contributed by atoms with Gasteiger partial charge in [-0.3, -0.25) is 0 Å². The molecule has 1 aromatic rings. The molecule has 2 unspecified atom stereocenters. The van der Waals surface area contributed by atoms with Crippen LogP contribution in [-0.4, -0.2) is 20.1 Å². The topological polar surface area (TPSA) is 50.9 Å². The molecule has 0 spiro atoms. The number of rotatable bonds is 1. The summed E-state index contributed by atoms with van der Waals surface area (Å²) in [6.07, 6.45) is 4.56. The van der Waals surface area contributed by atoms with Crippen LogP contribution in [0.5, 0.6) is 0 Å². The summed E-state index contributed by atoms with van der Waals surface area (Å²) in [5.41, 5.74) is 0.418. The van der Waals surface area contributed by atoms with Gasteiger partial charge in [-0.05, 0) is 30.6 Å². The van der Waals surface area contributed by atoms with E-state index in [4.69, 9.17) is 0 Å². The fourth-order valence-electron chi connectivity index (χ4n) is 2.94. The largest absolute Gasteiger partial charge is 0.383 e. The minimum Gasteiger partial charge on any atom is -0.383 e. The quantitative estimate of drug-likeness (QED) is 0.790. The van der Waals surface area contributed by atoms with Crippen molar-refractivity contribution in [1.82, 2.24) is 15.0 Å². The fraction of sp³-hybridized carbons (Fsp3) is 0.833. The molecule has 0 amide bonds. The molecule has 0 aromatic carbocycles. The number of hydrogen-bond acceptors (Lipinski definition) is 3. The Bertz CT molecular complexity index is 385. The maximum Gasteiger partial charge on any atom is 0.110 e. The third kappa shape index (κ3) is 1.75. The number of hydrogen-bond donors (Lipinski definition) is 1. The van der Waals surface area contributed by atoms with Crippen molar-refractivity contribution in [3.63, 3.8) is 0 Å². The van der Waals surface area contributed by atoms with Crippen molar-refractivity contribution in [3.05, 3.63) is 11.9 Å². The van der Waals surface area contributed by atoms with Gasteiger partial charge in [0.05, 0.1) is 11.9 Å². The van der Waals surface area contributed by atoms with E-state index in [-0.39, 0.29) is 5.92 Å². The Morgan fingerprint density at radius 3 is 2.62 bits per heavy atom. The molecule has 0 aliphatic heterocycles. The van der Waals surface area contributed by atoms with Crippen molar-refractivity contribution in [1.29, 1.82) is 0 Å². The zero-order chi connectivity index (χ0) is 12.0. The van der Waals surface area contributed by atoms with Crippen LogP contribution in [0.1, 0.15) is 45.7 Å². The Kier molecular flexibility index (Phi) is 2.57. The van der Waals surface area contributed by atoms with Crippen molar-refractivity contribution in [3.8, 4) is 0 Å². The maximum absolute atomic E-state index is 10.8. The Morgan fingerprint density at radius 1 is 1.44 bits per heavy atom. The van der Waals surface area contributed by atoms with Gasteiger partial charge in [-0.15, -0.1) is 5.10 Å². The third-order valence-corrected chi connectivity index (χ3v) is 4.01. The summed E-state index contributed by atoms with van der Waals surface area (Å²) in [7, 11) is 1.84. The van der Waals surface area contributed by atoms with Gasteiger partial charge in [0.1, 0.15) is 5.60 Å². The minimum atomic E-state index is -0.756. The maximum atomic E-state index is 10.8. The lowest BCUT2D eigenvalue weighted by Crippen LogP contribution is -2.42. The van der Waals surface area contributed by atoms with Gasteiger partial charge in [0.2, 0.25) is 0 Å². The highest BCUT2D eigenvalue weighted by molar-refractivity contribution is 5.12. The molecule has 2 atom stereocenters. The third-order valence-electron chi connectivity index (χ3n) is 4.01. The molecule has 0 radical (unpaired) electrons. The summed E-state index contributed by atoms with van der Waals surface area (Å²) in [6.45, 7) is 6.66. The predicted octanol–water partition coefficient (Wildman–Crippen LogP) is 1.85. The number of aryl methyl sites for hydroxylation is 1. The van der Waals surface area contributed by atoms with Crippen molar-refractivity contribution in [2.24, 2.45) is 18.4 Å². The molecule has 1 saturated carbocycles. The first-order valence-corrected chi connectivity index (χ1v) is 5.93. The Hall–Kier alpha value is -0.900. The standard InChI is InChI=1S/C12H21N3O/c1-9-7-11(2,3)5-6-12(9,16)10-8-13-14-15(10)4/h8-9,16H,5-7H2,1-4H3. The zero-order valence-electron chi connectivity index (χ0n) is 10.6. The van der Waals surface area contributed by atoms with E-state index in [9.17, 15) is 5.11 Å². The van der Waals surface area contributed by atoms with Crippen LogP contribution in [0.2, 0.25) is 0 Å². The van der Waals surface area contributed by atoms with Crippen molar-refractivity contribution >= 4 is 0 Å². The zero-order valence-corrected chi connectivity index (χ0v) is 10.6. The smallest absolute Gasteiger partial charge is 0.110 e. The van der Waals surface area contributed by atoms with E-state index >= 15 is 0 Å². The van der Waals surface area contributed by atoms with Crippen LogP contribution in [0.4, 0.5) is 0 Å². The second-order valence-electron chi connectivity index (χ2n) is 5.94. The van der Waals surface area contributed by atoms with Gasteiger partial charge in [0, 0.05) is 7.05 Å². The molecule has 90 valence electrons. The SMILES string of the molecule is CC1CC(C)(C)CCC1(O)c1cnnn1C. The van der Waals surface area contributed by atoms with Crippen LogP contribution in [0.3, 0.4) is 0 Å². The van der Waals surface area contributed by atoms with Crippen molar-refractivity contribution < 1.29 is 5.11 Å². The molecule has 4 nitrogen and oxygen atoms in total. The van der Waals surface area contributed by atoms with Gasteiger partial charge in [0.25, 0.3) is 0 Å². The monoisotopic (exact) mass is 223 g/mol. The van der Waals surface area contributed by atoms with E-state index < -0.39 is 5.60 Å². The first-order valence-electron chi connectivity index (χ1n) is 5.93. The first-order chi connectivity index (χ1) is 7.35. The van der Waals surface area contributed by atoms with E-state index in [0.29, 0.717) is 5.41 Å². The van der Waals surface area contributed by atoms with Crippen molar-refractivity contribution in [2.45, 2.75) is 45.6 Å². The molecule has 4 heteroatoms. The summed E-state index contributed by atoms with van der Waals surface area (Å²) in [6, 6.07) is 0. The molecule has 16 heavy (non-hydrogen) atoms. The number of aromatic nitrogens is 3. The molecule has 1 fully saturated rings. The lowest BCUT2D eigenvalue weighted by Gasteiger charge is -2.44. The van der Waals surface area contributed by atoms with Crippen LogP contribution in [0, 0.1) is 11.3 Å². The summed E-state index contributed by atoms with van der Waals surface area (Å²) >= 11 is 0. The lowest BCUT2D eigenvalue weighted by atomic mass is 9.64. The molecule has 1 N–H and O–H groups in total. The van der Waals surface area contributed by atoms with Gasteiger partial charge in [-0.1, -0.05) is 26.0 Å². The summed E-state index contributed by atoms with van der Waals surface area (Å²) in [5.74, 6) is 0.244. The Labute approximate surface area is 96.7 Å². The highest BCUT2D eigenvalue weighted by Gasteiger charge is 2.45. The van der Waals surface area contributed by atoms with Crippen LogP contribution in [-0.2, 0) is 12.6 Å². The molecular weight excluding hydrogens is 202 g/mol. The van der Waals surface area contributed by atoms with Gasteiger partial charge in [-0.25, -0.2) is 4.68 Å². The fourth-order valence-corrected chi connectivity index (χ4v) is 2.94. The molecular formula is C12H21N3O. The Morgan fingerprint density at radius 2 is 2.12 bits per heavy atom. The van der Waals surface area contributed by atoms with Gasteiger partial charge >= 0.3 is 0 Å². The molecule has 0 bridgehead atoms. The summed E-state index contributed by atoms with van der Waals surface area (Å²) < 4.78 is 1.69. The normalized spacial score (nSPS) is 33.9. The highest BCUT2D eigenvalue weighted by atomic mass is 16.3. The lowest BCUT2D eigenvalue weighted by molar-refractivity contribution is -0.0824. The molecule has 1 heterocycles. The van der Waals surface area contributed by atoms with Crippen LogP contribution in [0.25, 0.3) is 0 Å². The van der Waals surface area contributed by atoms with Crippen LogP contribution >= 0.6 is 0 Å². The Balaban J connectivity index is 2.30. The van der Waals surface area contributed by atoms with Gasteiger partial charge < -0.3 is 5.11 Å². The van der Waals surface area contributed by atoms with E-state index in [1.54, 1.807) is 10.9 Å². The summed E-state index contributed by atoms with van der Waals surface area (Å²) in [4.78, 5) is 0. The minimum absolute atomic E-state index is 0.244. The average molecular weight is 223 g/mol. The van der Waals surface area contributed by atoms with Gasteiger partial charge in [0.15, 0.2) is 0 Å². The molecule has 0 saturated heterocycles. The second kappa shape index (κ2) is 3.55. The molecule has 1 aliphatic carbocycles. The van der Waals surface area contributed by atoms with E-state index in [1.165, 1.54) is 0 Å². The van der Waals surface area contributed by atoms with E-state index in [1.807, 2.05) is 7.05 Å². The highest BCUT2D eigenvalue weighted by Crippen LogP contribution is 2.48. The van der Waals surface area contributed by atoms with E-state index in [2.05, 4.69) is 31.1 Å². The van der Waals surface area contributed by atoms with Crippen LogP contribution in [0.15, 0.2) is 6.20 Å². The number of aliphatic hydroxyl groups is 1. The molecule has 1 aromatic heterocycles. The van der Waals surface area contributed by atoms with Crippen molar-refractivity contribution in [2.75, 3.05) is 0 Å². The first kappa shape index (κ1) is 11.6. The predicted molar refractivity (Wildman–Crippen MR) is 61.7 cm³/mol. The molecule has 2 rings (SSSR count). The molecule has 1 aliphatic rings. The number of nitrogens with zero attached hydrogens (tertiary/aromatic N) is 3.